The normalized spacial score (nSPS) is 12.1. The molecule has 1 unspecified atom stereocenters. The van der Waals surface area contributed by atoms with Gasteiger partial charge in [-0.2, -0.15) is 0 Å². The summed E-state index contributed by atoms with van der Waals surface area (Å²) in [5, 5.41) is 8.49. The van der Waals surface area contributed by atoms with E-state index in [0.29, 0.717) is 12.1 Å². The van der Waals surface area contributed by atoms with Crippen molar-refractivity contribution in [3.8, 4) is 0 Å². The maximum absolute atomic E-state index is 12.2. The number of thiophene rings is 1. The molecule has 2 aromatic heterocycles. The molecule has 3 rings (SSSR count). The Morgan fingerprint density at radius 1 is 1.29 bits per heavy atom. The molecule has 0 spiro atoms. The molecule has 1 atom stereocenters. The van der Waals surface area contributed by atoms with E-state index in [0.717, 1.165) is 27.9 Å². The number of fused-ring (bicyclic) bond motifs is 1. The zero-order valence-corrected chi connectivity index (χ0v) is 14.7. The Kier molecular flexibility index (Phi) is 5.11. The number of hydrogen-bond donors (Lipinski definition) is 2. The van der Waals surface area contributed by atoms with Crippen LogP contribution in [0.1, 0.15) is 36.2 Å². The Morgan fingerprint density at radius 2 is 2.17 bits per heavy atom. The summed E-state index contributed by atoms with van der Waals surface area (Å²) < 4.78 is 1.16. The van der Waals surface area contributed by atoms with Gasteiger partial charge >= 0.3 is 0 Å². The summed E-state index contributed by atoms with van der Waals surface area (Å²) in [4.78, 5) is 16.6. The lowest BCUT2D eigenvalue weighted by Gasteiger charge is -2.12. The Balaban J connectivity index is 1.71. The van der Waals surface area contributed by atoms with Crippen LogP contribution in [0.25, 0.3) is 10.2 Å². The molecule has 3 aromatic rings. The molecule has 1 aromatic carbocycles. The standard InChI is InChI=1S/C19H21N3OS/c1-3-13(2)22-19(23)15-6-4-5-14(11-15)12-21-16-7-9-20-17-8-10-24-18(16)17/h4-11,13H,3,12H2,1-2H3,(H,20,21)(H,22,23). The fourth-order valence-electron chi connectivity index (χ4n) is 2.44. The minimum atomic E-state index is -0.0178. The second-order valence-corrected chi connectivity index (χ2v) is 6.75. The van der Waals surface area contributed by atoms with E-state index in [1.165, 1.54) is 0 Å². The average molecular weight is 339 g/mol. The van der Waals surface area contributed by atoms with E-state index in [2.05, 4.69) is 22.5 Å². The van der Waals surface area contributed by atoms with Crippen molar-refractivity contribution in [3.63, 3.8) is 0 Å². The van der Waals surface area contributed by atoms with Crippen molar-refractivity contribution in [1.29, 1.82) is 0 Å². The van der Waals surface area contributed by atoms with Crippen molar-refractivity contribution in [3.05, 3.63) is 59.1 Å². The molecule has 24 heavy (non-hydrogen) atoms. The highest BCUT2D eigenvalue weighted by atomic mass is 32.1. The van der Waals surface area contributed by atoms with E-state index in [1.807, 2.05) is 54.9 Å². The number of benzene rings is 1. The number of amides is 1. The summed E-state index contributed by atoms with van der Waals surface area (Å²) in [5.74, 6) is -0.0178. The Morgan fingerprint density at radius 3 is 3.00 bits per heavy atom. The van der Waals surface area contributed by atoms with Crippen LogP contribution in [-0.2, 0) is 6.54 Å². The molecule has 5 heteroatoms. The number of aromatic nitrogens is 1. The molecule has 0 aliphatic rings. The number of pyridine rings is 1. The smallest absolute Gasteiger partial charge is 0.251 e. The number of nitrogens with zero attached hydrogens (tertiary/aromatic N) is 1. The SMILES string of the molecule is CCC(C)NC(=O)c1cccc(CNc2ccnc3ccsc23)c1. The highest BCUT2D eigenvalue weighted by molar-refractivity contribution is 7.17. The quantitative estimate of drug-likeness (QED) is 0.698. The summed E-state index contributed by atoms with van der Waals surface area (Å²) in [6.07, 6.45) is 2.74. The molecular formula is C19H21N3OS. The van der Waals surface area contributed by atoms with Crippen molar-refractivity contribution in [2.45, 2.75) is 32.9 Å². The molecule has 124 valence electrons. The van der Waals surface area contributed by atoms with E-state index in [9.17, 15) is 4.79 Å². The maximum atomic E-state index is 12.2. The molecule has 0 bridgehead atoms. The lowest BCUT2D eigenvalue weighted by molar-refractivity contribution is 0.0939. The molecule has 1 amide bonds. The van der Waals surface area contributed by atoms with Gasteiger partial charge in [0.15, 0.2) is 0 Å². The Labute approximate surface area is 145 Å². The van der Waals surface area contributed by atoms with Crippen LogP contribution in [0.5, 0.6) is 0 Å². The van der Waals surface area contributed by atoms with Crippen LogP contribution in [0.15, 0.2) is 48.0 Å². The average Bonchev–Trinajstić information content (AvgIpc) is 3.09. The van der Waals surface area contributed by atoms with Gasteiger partial charge in [-0.05, 0) is 48.6 Å². The van der Waals surface area contributed by atoms with Crippen molar-refractivity contribution >= 4 is 33.1 Å². The lowest BCUT2D eigenvalue weighted by atomic mass is 10.1. The molecule has 0 saturated carbocycles. The van der Waals surface area contributed by atoms with Crippen LogP contribution >= 0.6 is 11.3 Å². The predicted molar refractivity (Wildman–Crippen MR) is 101 cm³/mol. The number of carbonyl (C=O) groups is 1. The fourth-order valence-corrected chi connectivity index (χ4v) is 3.28. The van der Waals surface area contributed by atoms with Crippen LogP contribution in [-0.4, -0.2) is 16.9 Å². The molecule has 0 aliphatic heterocycles. The summed E-state index contributed by atoms with van der Waals surface area (Å²) in [7, 11) is 0. The first-order chi connectivity index (χ1) is 11.7. The molecule has 0 radical (unpaired) electrons. The van der Waals surface area contributed by atoms with Gasteiger partial charge in [-0.25, -0.2) is 0 Å². The van der Waals surface area contributed by atoms with E-state index >= 15 is 0 Å². The van der Waals surface area contributed by atoms with E-state index < -0.39 is 0 Å². The van der Waals surface area contributed by atoms with Gasteiger partial charge in [0.25, 0.3) is 5.91 Å². The van der Waals surface area contributed by atoms with Gasteiger partial charge in [-0.3, -0.25) is 9.78 Å². The Hall–Kier alpha value is -2.40. The number of anilines is 1. The Bertz CT molecular complexity index is 843. The first-order valence-corrected chi connectivity index (χ1v) is 9.01. The van der Waals surface area contributed by atoms with Gasteiger partial charge in [-0.15, -0.1) is 11.3 Å². The zero-order valence-electron chi connectivity index (χ0n) is 13.9. The molecule has 0 saturated heterocycles. The topological polar surface area (TPSA) is 54.0 Å². The molecule has 4 nitrogen and oxygen atoms in total. The molecule has 2 heterocycles. The zero-order chi connectivity index (χ0) is 16.9. The third-order valence-electron chi connectivity index (χ3n) is 4.01. The lowest BCUT2D eigenvalue weighted by Crippen LogP contribution is -2.31. The van der Waals surface area contributed by atoms with Gasteiger partial charge in [0.05, 0.1) is 15.9 Å². The minimum absolute atomic E-state index is 0.0178. The van der Waals surface area contributed by atoms with Gasteiger partial charge in [0.2, 0.25) is 0 Å². The highest BCUT2D eigenvalue weighted by Gasteiger charge is 2.09. The van der Waals surface area contributed by atoms with Crippen molar-refractivity contribution in [2.75, 3.05) is 5.32 Å². The minimum Gasteiger partial charge on any atom is -0.380 e. The van der Waals surface area contributed by atoms with Crippen LogP contribution in [0.3, 0.4) is 0 Å². The second kappa shape index (κ2) is 7.45. The third-order valence-corrected chi connectivity index (χ3v) is 4.94. The van der Waals surface area contributed by atoms with E-state index in [1.54, 1.807) is 11.3 Å². The van der Waals surface area contributed by atoms with E-state index in [4.69, 9.17) is 0 Å². The van der Waals surface area contributed by atoms with E-state index in [-0.39, 0.29) is 11.9 Å². The molecular weight excluding hydrogens is 318 g/mol. The highest BCUT2D eigenvalue weighted by Crippen LogP contribution is 2.27. The second-order valence-electron chi connectivity index (χ2n) is 5.83. The first-order valence-electron chi connectivity index (χ1n) is 8.13. The van der Waals surface area contributed by atoms with Gasteiger partial charge < -0.3 is 10.6 Å². The van der Waals surface area contributed by atoms with Crippen LogP contribution in [0, 0.1) is 0 Å². The van der Waals surface area contributed by atoms with Crippen molar-refractivity contribution in [1.82, 2.24) is 10.3 Å². The fraction of sp³-hybridized carbons (Fsp3) is 0.263. The summed E-state index contributed by atoms with van der Waals surface area (Å²) in [6.45, 7) is 4.74. The summed E-state index contributed by atoms with van der Waals surface area (Å²) in [6, 6.07) is 11.9. The van der Waals surface area contributed by atoms with Crippen molar-refractivity contribution < 1.29 is 4.79 Å². The van der Waals surface area contributed by atoms with Gasteiger partial charge in [0, 0.05) is 24.3 Å². The monoisotopic (exact) mass is 339 g/mol. The van der Waals surface area contributed by atoms with Gasteiger partial charge in [-0.1, -0.05) is 19.1 Å². The number of nitrogens with one attached hydrogen (secondary N) is 2. The van der Waals surface area contributed by atoms with Gasteiger partial charge in [0.1, 0.15) is 0 Å². The number of carbonyl (C=O) groups excluding carboxylic acids is 1. The largest absolute Gasteiger partial charge is 0.380 e. The van der Waals surface area contributed by atoms with Crippen LogP contribution in [0.2, 0.25) is 0 Å². The molecule has 0 fully saturated rings. The van der Waals surface area contributed by atoms with Crippen molar-refractivity contribution in [2.24, 2.45) is 0 Å². The number of rotatable bonds is 6. The molecule has 2 N–H and O–H groups in total. The maximum Gasteiger partial charge on any atom is 0.251 e. The summed E-state index contributed by atoms with van der Waals surface area (Å²) >= 11 is 1.68. The predicted octanol–water partition coefficient (Wildman–Crippen LogP) is 4.44. The summed E-state index contributed by atoms with van der Waals surface area (Å²) in [5.41, 5.74) is 3.86. The number of hydrogen-bond acceptors (Lipinski definition) is 4. The molecule has 0 aliphatic carbocycles. The third kappa shape index (κ3) is 3.74. The first kappa shape index (κ1) is 16.5. The van der Waals surface area contributed by atoms with Crippen LogP contribution in [0.4, 0.5) is 5.69 Å². The van der Waals surface area contributed by atoms with Crippen LogP contribution < -0.4 is 10.6 Å².